The van der Waals surface area contributed by atoms with Crippen LogP contribution in [0.15, 0.2) is 12.3 Å². The summed E-state index contributed by atoms with van der Waals surface area (Å²) in [7, 11) is -8.81. The number of anilines is 1. The quantitative estimate of drug-likeness (QED) is 0.0386. The first-order valence-electron chi connectivity index (χ1n) is 20.1. The van der Waals surface area contributed by atoms with Crippen LogP contribution in [0, 0.1) is 11.3 Å². The number of halogens is 1. The molecule has 2 aromatic rings. The summed E-state index contributed by atoms with van der Waals surface area (Å²) < 4.78 is 56.6. The minimum absolute atomic E-state index is 0.0482. The second-order valence-corrected chi connectivity index (χ2v) is 19.7. The van der Waals surface area contributed by atoms with Crippen LogP contribution in [-0.4, -0.2) is 88.5 Å². The maximum Gasteiger partial charge on any atom is 0.343 e. The van der Waals surface area contributed by atoms with Gasteiger partial charge in [-0.2, -0.15) is 5.26 Å². The van der Waals surface area contributed by atoms with Gasteiger partial charge >= 0.3 is 7.60 Å². The highest BCUT2D eigenvalue weighted by atomic mass is 35.5. The van der Waals surface area contributed by atoms with Gasteiger partial charge in [-0.1, -0.05) is 115 Å². The number of nitrogens with zero attached hydrogens (tertiary/aromatic N) is 3. The van der Waals surface area contributed by atoms with Gasteiger partial charge in [0.15, 0.2) is 26.7 Å². The van der Waals surface area contributed by atoms with E-state index in [0.717, 1.165) is 38.5 Å². The van der Waals surface area contributed by atoms with Crippen molar-refractivity contribution in [2.45, 2.75) is 160 Å². The van der Waals surface area contributed by atoms with Crippen LogP contribution in [0.1, 0.15) is 141 Å². The van der Waals surface area contributed by atoms with Gasteiger partial charge in [0.05, 0.1) is 18.0 Å². The molecular formula is C38H62ClN4O9PS. The lowest BCUT2D eigenvalue weighted by Gasteiger charge is -2.19. The van der Waals surface area contributed by atoms with Crippen molar-refractivity contribution in [1.82, 2.24) is 9.55 Å². The molecule has 4 N–H and O–H groups in total. The third kappa shape index (κ3) is 14.0. The molecule has 1 aliphatic heterocycles. The van der Waals surface area contributed by atoms with E-state index in [1.807, 2.05) is 0 Å². The Morgan fingerprint density at radius 1 is 0.963 bits per heavy atom. The lowest BCUT2D eigenvalue weighted by Crippen LogP contribution is -2.36. The smallest absolute Gasteiger partial charge is 0.343 e. The number of sulfone groups is 1. The molecule has 306 valence electrons. The number of pyridine rings is 1. The highest BCUT2D eigenvalue weighted by Crippen LogP contribution is 2.44. The minimum atomic E-state index is -4.53. The number of aromatic nitrogens is 2. The van der Waals surface area contributed by atoms with Crippen molar-refractivity contribution >= 4 is 45.8 Å². The van der Waals surface area contributed by atoms with Crippen LogP contribution in [0.4, 0.5) is 5.69 Å². The summed E-state index contributed by atoms with van der Waals surface area (Å²) in [6, 6.07) is 3.96. The Labute approximate surface area is 326 Å². The Morgan fingerprint density at radius 3 is 2.17 bits per heavy atom. The predicted molar refractivity (Wildman–Crippen MR) is 211 cm³/mol. The summed E-state index contributed by atoms with van der Waals surface area (Å²) >= 11 is 6.40. The molecule has 1 unspecified atom stereocenters. The summed E-state index contributed by atoms with van der Waals surface area (Å²) in [4.78, 5) is 14.7. The number of unbranched alkanes of at least 4 members (excludes halogenated alkanes) is 13. The molecule has 1 saturated heterocycles. The maximum atomic E-state index is 13.0. The Kier molecular flexibility index (Phi) is 19.0. The molecule has 0 spiro atoms. The first kappa shape index (κ1) is 44.9. The van der Waals surface area contributed by atoms with E-state index in [0.29, 0.717) is 30.7 Å². The topological polar surface area (TPSA) is 193 Å². The van der Waals surface area contributed by atoms with E-state index in [1.54, 1.807) is 12.3 Å². The fraction of sp³-hybridized carbons (Fsp3) is 0.789. The van der Waals surface area contributed by atoms with E-state index in [-0.39, 0.29) is 29.0 Å². The fourth-order valence-corrected chi connectivity index (χ4v) is 11.5. The van der Waals surface area contributed by atoms with Crippen LogP contribution < -0.4 is 5.32 Å². The molecule has 54 heavy (non-hydrogen) atoms. The van der Waals surface area contributed by atoms with Crippen LogP contribution in [0.25, 0.3) is 11.0 Å². The van der Waals surface area contributed by atoms with Crippen molar-refractivity contribution in [3.8, 4) is 6.07 Å². The molecule has 4 rings (SSSR count). The number of ether oxygens (including phenoxy) is 2. The van der Waals surface area contributed by atoms with Crippen molar-refractivity contribution in [2.75, 3.05) is 36.4 Å². The van der Waals surface area contributed by atoms with Crippen molar-refractivity contribution in [1.29, 1.82) is 5.26 Å². The van der Waals surface area contributed by atoms with Crippen molar-refractivity contribution in [3.63, 3.8) is 0 Å². The number of fused-ring (bicyclic) bond motifs is 1. The molecule has 2 aromatic heterocycles. The van der Waals surface area contributed by atoms with Crippen LogP contribution in [0.5, 0.6) is 0 Å². The van der Waals surface area contributed by atoms with Crippen molar-refractivity contribution in [3.05, 3.63) is 23.0 Å². The van der Waals surface area contributed by atoms with E-state index < -0.39 is 53.2 Å². The third-order valence-corrected chi connectivity index (χ3v) is 15.0. The van der Waals surface area contributed by atoms with Gasteiger partial charge in [0, 0.05) is 30.8 Å². The van der Waals surface area contributed by atoms with E-state index in [9.17, 15) is 33.4 Å². The molecule has 0 aromatic carbocycles. The number of nitrogens with one attached hydrogen (secondary N) is 1. The van der Waals surface area contributed by atoms with Crippen LogP contribution in [-0.2, 0) is 28.4 Å². The molecule has 13 nitrogen and oxygen atoms in total. The van der Waals surface area contributed by atoms with Gasteiger partial charge in [0.1, 0.15) is 35.6 Å². The number of aliphatic hydroxyl groups excluding tert-OH is 2. The highest BCUT2D eigenvalue weighted by Gasteiger charge is 2.47. The molecule has 2 fully saturated rings. The molecule has 0 bridgehead atoms. The van der Waals surface area contributed by atoms with Gasteiger partial charge in [-0.3, -0.25) is 4.57 Å². The lowest BCUT2D eigenvalue weighted by atomic mass is 10.0. The standard InChI is InChI=1S/C38H62ClN4O9PS/c1-2-3-4-5-6-7-8-9-10-11-12-13-14-17-23-50-24-18-25-51-53(46,47)28-54(48,49)27-32-34(44)35(45)38(52-32)43-22-21-30-33(41-29-19-15-16-20-29)31(26-40)36(39)42-37(30)43/h21-22,29,32,34-35,38,44-45H,2-20,23-25,27-28H2,1H3,(H,41,42)(H,46,47)/t32-,34-,35-,38-/m1/s1. The summed E-state index contributed by atoms with van der Waals surface area (Å²) in [5.74, 6) is -0.821. The fourth-order valence-electron chi connectivity index (χ4n) is 7.42. The van der Waals surface area contributed by atoms with E-state index in [1.165, 1.54) is 81.6 Å². The summed E-state index contributed by atoms with van der Waals surface area (Å²) in [5.41, 5.74) is -0.185. The molecule has 5 atom stereocenters. The van der Waals surface area contributed by atoms with E-state index in [4.69, 9.17) is 25.6 Å². The SMILES string of the molecule is CCCCCCCCCCCCCCCCOCCCOP(=O)(O)CS(=O)(=O)C[C@H]1O[C@@H](n2ccc3c(NC4CCCC4)c(C#N)c(Cl)nc32)[C@H](O)[C@@H]1O. The van der Waals surface area contributed by atoms with Gasteiger partial charge in [-0.15, -0.1) is 0 Å². The largest absolute Gasteiger partial charge is 0.387 e. The highest BCUT2D eigenvalue weighted by molar-refractivity contribution is 7.97. The van der Waals surface area contributed by atoms with E-state index >= 15 is 0 Å². The summed E-state index contributed by atoms with van der Waals surface area (Å²) in [6.07, 6.45) is 18.0. The average Bonchev–Trinajstić information content (AvgIpc) is 3.85. The lowest BCUT2D eigenvalue weighted by molar-refractivity contribution is -0.0288. The molecule has 3 heterocycles. The first-order valence-corrected chi connectivity index (χ1v) is 24.1. The first-order chi connectivity index (χ1) is 26.0. The van der Waals surface area contributed by atoms with Crippen molar-refractivity contribution in [2.24, 2.45) is 0 Å². The monoisotopic (exact) mass is 816 g/mol. The predicted octanol–water partition coefficient (Wildman–Crippen LogP) is 8.00. The molecule has 16 heteroatoms. The third-order valence-electron chi connectivity index (χ3n) is 10.4. The normalized spacial score (nSPS) is 21.9. The second kappa shape index (κ2) is 22.8. The minimum Gasteiger partial charge on any atom is -0.387 e. The Morgan fingerprint density at radius 2 is 1.56 bits per heavy atom. The summed E-state index contributed by atoms with van der Waals surface area (Å²) in [6.45, 7) is 3.03. The average molecular weight is 817 g/mol. The molecule has 0 radical (unpaired) electrons. The molecule has 1 aliphatic carbocycles. The van der Waals surface area contributed by atoms with Crippen LogP contribution >= 0.6 is 19.2 Å². The second-order valence-electron chi connectivity index (χ2n) is 15.0. The number of rotatable bonds is 27. The maximum absolute atomic E-state index is 13.0. The van der Waals surface area contributed by atoms with Gasteiger partial charge in [0.25, 0.3) is 0 Å². The molecule has 1 saturated carbocycles. The zero-order chi connectivity index (χ0) is 39.0. The van der Waals surface area contributed by atoms with Gasteiger partial charge < -0.3 is 39.0 Å². The molecular weight excluding hydrogens is 755 g/mol. The van der Waals surface area contributed by atoms with Crippen LogP contribution in [0.3, 0.4) is 0 Å². The van der Waals surface area contributed by atoms with Gasteiger partial charge in [-0.05, 0) is 31.7 Å². The zero-order valence-corrected chi connectivity index (χ0v) is 34.3. The molecule has 2 aliphatic rings. The Bertz CT molecular complexity index is 1630. The number of hydrogen-bond donors (Lipinski definition) is 4. The Balaban J connectivity index is 1.13. The molecule has 0 amide bonds. The van der Waals surface area contributed by atoms with E-state index in [2.05, 4.69) is 23.3 Å². The van der Waals surface area contributed by atoms with Crippen LogP contribution in [0.2, 0.25) is 5.15 Å². The number of hydrogen-bond acceptors (Lipinski definition) is 11. The number of nitriles is 1. The zero-order valence-electron chi connectivity index (χ0n) is 31.9. The van der Waals surface area contributed by atoms with Crippen molar-refractivity contribution < 1.29 is 42.1 Å². The van der Waals surface area contributed by atoms with Gasteiger partial charge in [0.2, 0.25) is 0 Å². The number of aliphatic hydroxyl groups is 2. The van der Waals surface area contributed by atoms with Gasteiger partial charge in [-0.25, -0.2) is 13.4 Å². The Hall–Kier alpha value is -1.79. The summed E-state index contributed by atoms with van der Waals surface area (Å²) in [5, 5.41) is 35.4.